The molecule has 6 rings (SSSR count). The molecular weight excluding hydrogens is 422 g/mol. The number of aryl methyl sites for hydroxylation is 1. The highest BCUT2D eigenvalue weighted by Gasteiger charge is 2.69. The number of benzene rings is 2. The Hall–Kier alpha value is -2.17. The smallest absolute Gasteiger partial charge is 0.134 e. The van der Waals surface area contributed by atoms with Gasteiger partial charge in [0.25, 0.3) is 0 Å². The number of fused-ring (bicyclic) bond motifs is 1. The van der Waals surface area contributed by atoms with Crippen LogP contribution in [0.15, 0.2) is 48.5 Å². The third-order valence-corrected chi connectivity index (χ3v) is 9.31. The number of hydrogen-bond acceptors (Lipinski definition) is 3. The van der Waals surface area contributed by atoms with E-state index >= 15 is 0 Å². The summed E-state index contributed by atoms with van der Waals surface area (Å²) in [5.41, 5.74) is 3.51. The predicted octanol–water partition coefficient (Wildman–Crippen LogP) is 3.70. The quantitative estimate of drug-likeness (QED) is 0.611. The minimum absolute atomic E-state index is 0.257. The van der Waals surface area contributed by atoms with Crippen LogP contribution in [-0.4, -0.2) is 44.2 Å². The highest BCUT2D eigenvalue weighted by molar-refractivity contribution is 5.82. The van der Waals surface area contributed by atoms with Gasteiger partial charge in [-0.3, -0.25) is 4.79 Å². The molecule has 3 fully saturated rings. The lowest BCUT2D eigenvalue weighted by Gasteiger charge is -2.63. The fraction of sp³-hybridized carbons (Fsp3) is 0.567. The summed E-state index contributed by atoms with van der Waals surface area (Å²) in [6.45, 7) is 3.16. The maximum absolute atomic E-state index is 13.0. The SMILES string of the molecule is COc1cccc2c1[C@]13CC[NH+](CC4CC4)C(C2)[C@]1(OCCCc1ccccc1)CCC(=O)C3. The summed E-state index contributed by atoms with van der Waals surface area (Å²) in [6, 6.07) is 17.6. The van der Waals surface area contributed by atoms with Crippen molar-refractivity contribution in [1.29, 1.82) is 0 Å². The molecule has 1 saturated heterocycles. The van der Waals surface area contributed by atoms with Crippen molar-refractivity contribution in [2.24, 2.45) is 5.92 Å². The molecule has 1 aliphatic heterocycles. The number of ether oxygens (including phenoxy) is 2. The topological polar surface area (TPSA) is 40.0 Å². The van der Waals surface area contributed by atoms with Crippen molar-refractivity contribution < 1.29 is 19.2 Å². The molecule has 2 unspecified atom stereocenters. The van der Waals surface area contributed by atoms with Gasteiger partial charge in [0.05, 0.1) is 20.2 Å². The van der Waals surface area contributed by atoms with E-state index < -0.39 is 0 Å². The third-order valence-electron chi connectivity index (χ3n) is 9.31. The van der Waals surface area contributed by atoms with Crippen LogP contribution in [0.1, 0.15) is 61.6 Å². The van der Waals surface area contributed by atoms with Crippen LogP contribution in [0.25, 0.3) is 0 Å². The number of Topliss-reactive ketones (excluding diaryl/α,β-unsaturated/α-hetero) is 1. The van der Waals surface area contributed by atoms with E-state index in [4.69, 9.17) is 9.47 Å². The Bertz CT molecular complexity index is 1050. The molecule has 2 aromatic rings. The van der Waals surface area contributed by atoms with E-state index in [0.717, 1.165) is 56.9 Å². The molecule has 4 nitrogen and oxygen atoms in total. The summed E-state index contributed by atoms with van der Waals surface area (Å²) in [5, 5.41) is 0. The fourth-order valence-electron chi connectivity index (χ4n) is 7.66. The van der Waals surface area contributed by atoms with Gasteiger partial charge in [0, 0.05) is 49.2 Å². The van der Waals surface area contributed by atoms with Gasteiger partial charge in [-0.25, -0.2) is 0 Å². The molecule has 1 N–H and O–H groups in total. The molecule has 4 heteroatoms. The molecule has 4 aliphatic rings. The van der Waals surface area contributed by atoms with Gasteiger partial charge in [0.2, 0.25) is 0 Å². The van der Waals surface area contributed by atoms with E-state index in [2.05, 4.69) is 48.5 Å². The Morgan fingerprint density at radius 1 is 1.06 bits per heavy atom. The van der Waals surface area contributed by atoms with E-state index in [0.29, 0.717) is 24.7 Å². The molecule has 0 aromatic heterocycles. The Kier molecular flexibility index (Phi) is 5.77. The summed E-state index contributed by atoms with van der Waals surface area (Å²) < 4.78 is 13.1. The Morgan fingerprint density at radius 3 is 2.71 bits per heavy atom. The standard InChI is InChI=1S/C30H37NO3/c1-33-26-11-5-10-24-19-27-30(34-18-6-9-22-7-3-2-4-8-22)15-14-25(32)20-29(30,28(24)26)16-17-31(27)21-23-12-13-23/h2-5,7-8,10-11,23,27H,6,9,12-21H2,1H3/p+1/t27?,29-,30-/m1/s1. The first-order valence-corrected chi connectivity index (χ1v) is 13.4. The second kappa shape index (κ2) is 8.80. The fourth-order valence-corrected chi connectivity index (χ4v) is 7.66. The van der Waals surface area contributed by atoms with Gasteiger partial charge in [-0.15, -0.1) is 0 Å². The van der Waals surface area contributed by atoms with Crippen LogP contribution in [0, 0.1) is 5.92 Å². The molecule has 0 amide bonds. The lowest BCUT2D eigenvalue weighted by Crippen LogP contribution is -3.21. The van der Waals surface area contributed by atoms with Gasteiger partial charge in [0.1, 0.15) is 23.2 Å². The molecule has 0 spiro atoms. The number of nitrogens with one attached hydrogen (secondary N) is 1. The van der Waals surface area contributed by atoms with E-state index in [-0.39, 0.29) is 11.0 Å². The number of methoxy groups -OCH3 is 1. The first-order chi connectivity index (χ1) is 16.6. The predicted molar refractivity (Wildman–Crippen MR) is 133 cm³/mol. The normalized spacial score (nSPS) is 32.1. The number of likely N-dealkylation sites (tertiary alicyclic amines) is 1. The number of piperidine rings is 1. The number of carbonyl (C=O) groups is 1. The Morgan fingerprint density at radius 2 is 1.91 bits per heavy atom. The Balaban J connectivity index is 1.37. The maximum Gasteiger partial charge on any atom is 0.134 e. The van der Waals surface area contributed by atoms with Crippen LogP contribution in [0.3, 0.4) is 0 Å². The van der Waals surface area contributed by atoms with Crippen molar-refractivity contribution in [3.8, 4) is 5.75 Å². The van der Waals surface area contributed by atoms with Crippen LogP contribution in [-0.2, 0) is 27.8 Å². The number of rotatable bonds is 8. The zero-order valence-corrected chi connectivity index (χ0v) is 20.5. The Labute approximate surface area is 203 Å². The van der Waals surface area contributed by atoms with Gasteiger partial charge in [0.15, 0.2) is 0 Å². The van der Waals surface area contributed by atoms with E-state index in [9.17, 15) is 4.79 Å². The molecule has 2 saturated carbocycles. The van der Waals surface area contributed by atoms with Crippen molar-refractivity contribution in [1.82, 2.24) is 0 Å². The third kappa shape index (κ3) is 3.61. The lowest BCUT2D eigenvalue weighted by atomic mass is 9.49. The molecule has 3 aliphatic carbocycles. The van der Waals surface area contributed by atoms with Crippen LogP contribution in [0.2, 0.25) is 0 Å². The average molecular weight is 461 g/mol. The molecule has 0 radical (unpaired) electrons. The summed E-state index contributed by atoms with van der Waals surface area (Å²) >= 11 is 0. The summed E-state index contributed by atoms with van der Waals surface area (Å²) in [7, 11) is 1.78. The largest absolute Gasteiger partial charge is 0.496 e. The van der Waals surface area contributed by atoms with Gasteiger partial charge >= 0.3 is 0 Å². The van der Waals surface area contributed by atoms with Crippen LogP contribution in [0.5, 0.6) is 5.75 Å². The van der Waals surface area contributed by atoms with E-state index in [1.165, 1.54) is 36.1 Å². The van der Waals surface area contributed by atoms with Crippen molar-refractivity contribution in [3.05, 3.63) is 65.2 Å². The van der Waals surface area contributed by atoms with E-state index in [1.807, 2.05) is 0 Å². The molecule has 2 bridgehead atoms. The minimum atomic E-state index is -0.276. The van der Waals surface area contributed by atoms with Crippen LogP contribution >= 0.6 is 0 Å². The number of quaternary nitrogens is 1. The van der Waals surface area contributed by atoms with Crippen molar-refractivity contribution in [2.45, 2.75) is 74.8 Å². The van der Waals surface area contributed by atoms with Gasteiger partial charge in [-0.2, -0.15) is 0 Å². The van der Waals surface area contributed by atoms with Crippen LogP contribution < -0.4 is 9.64 Å². The summed E-state index contributed by atoms with van der Waals surface area (Å²) in [4.78, 5) is 14.8. The molecule has 180 valence electrons. The van der Waals surface area contributed by atoms with Crippen molar-refractivity contribution in [2.75, 3.05) is 26.8 Å². The number of carbonyl (C=O) groups excluding carboxylic acids is 1. The second-order valence-electron chi connectivity index (χ2n) is 11.2. The molecule has 4 atom stereocenters. The summed E-state index contributed by atoms with van der Waals surface area (Å²) in [5.74, 6) is 2.23. The minimum Gasteiger partial charge on any atom is -0.496 e. The molecular formula is C30H38NO3+. The highest BCUT2D eigenvalue weighted by Crippen LogP contribution is 2.58. The molecule has 34 heavy (non-hydrogen) atoms. The lowest BCUT2D eigenvalue weighted by molar-refractivity contribution is -0.944. The molecule has 2 aromatic carbocycles. The first kappa shape index (κ1) is 22.3. The molecule has 1 heterocycles. The zero-order valence-electron chi connectivity index (χ0n) is 20.5. The van der Waals surface area contributed by atoms with Gasteiger partial charge in [-0.1, -0.05) is 42.5 Å². The van der Waals surface area contributed by atoms with Gasteiger partial charge < -0.3 is 14.4 Å². The van der Waals surface area contributed by atoms with Crippen molar-refractivity contribution in [3.63, 3.8) is 0 Å². The summed E-state index contributed by atoms with van der Waals surface area (Å²) in [6.07, 6.45) is 8.97. The maximum atomic E-state index is 13.0. The average Bonchev–Trinajstić information content (AvgIpc) is 3.68. The van der Waals surface area contributed by atoms with Crippen molar-refractivity contribution >= 4 is 5.78 Å². The first-order valence-electron chi connectivity index (χ1n) is 13.4. The number of hydrogen-bond donors (Lipinski definition) is 1. The zero-order chi connectivity index (χ0) is 23.2. The second-order valence-corrected chi connectivity index (χ2v) is 11.2. The van der Waals surface area contributed by atoms with E-state index in [1.54, 1.807) is 12.0 Å². The monoisotopic (exact) mass is 460 g/mol. The highest BCUT2D eigenvalue weighted by atomic mass is 16.5. The number of ketones is 1. The van der Waals surface area contributed by atoms with Crippen LogP contribution in [0.4, 0.5) is 0 Å². The van der Waals surface area contributed by atoms with Gasteiger partial charge in [-0.05, 0) is 49.3 Å².